The van der Waals surface area contributed by atoms with Crippen molar-refractivity contribution in [1.29, 1.82) is 0 Å². The summed E-state index contributed by atoms with van der Waals surface area (Å²) in [7, 11) is 1.64. The van der Waals surface area contributed by atoms with Crippen molar-refractivity contribution < 1.29 is 14.6 Å². The SMILES string of the molecule is COCCN1CC(Cc2ccc(O)c(Cl)c2)CC1=O. The maximum atomic E-state index is 11.8. The minimum absolute atomic E-state index is 0.0923. The number of phenolic OH excluding ortho intramolecular Hbond substituents is 1. The van der Waals surface area contributed by atoms with Gasteiger partial charge in [0, 0.05) is 26.6 Å². The van der Waals surface area contributed by atoms with Gasteiger partial charge in [0.2, 0.25) is 5.91 Å². The Morgan fingerprint density at radius 1 is 1.53 bits per heavy atom. The van der Waals surface area contributed by atoms with Gasteiger partial charge in [0.05, 0.1) is 11.6 Å². The van der Waals surface area contributed by atoms with E-state index in [2.05, 4.69) is 0 Å². The monoisotopic (exact) mass is 283 g/mol. The number of hydrogen-bond acceptors (Lipinski definition) is 3. The first-order chi connectivity index (χ1) is 9.10. The highest BCUT2D eigenvalue weighted by Gasteiger charge is 2.29. The fourth-order valence-electron chi connectivity index (χ4n) is 2.42. The van der Waals surface area contributed by atoms with Gasteiger partial charge in [-0.1, -0.05) is 17.7 Å². The average molecular weight is 284 g/mol. The van der Waals surface area contributed by atoms with Crippen LogP contribution in [0, 0.1) is 5.92 Å². The molecule has 0 bridgehead atoms. The maximum Gasteiger partial charge on any atom is 0.223 e. The lowest BCUT2D eigenvalue weighted by Crippen LogP contribution is -2.28. The van der Waals surface area contributed by atoms with Crippen LogP contribution in [-0.4, -0.2) is 42.7 Å². The number of hydrogen-bond donors (Lipinski definition) is 1. The lowest BCUT2D eigenvalue weighted by atomic mass is 9.98. The Hall–Kier alpha value is -1.26. The van der Waals surface area contributed by atoms with E-state index in [4.69, 9.17) is 16.3 Å². The molecule has 0 radical (unpaired) electrons. The number of amides is 1. The van der Waals surface area contributed by atoms with Crippen LogP contribution in [0.15, 0.2) is 18.2 Å². The van der Waals surface area contributed by atoms with Crippen LogP contribution in [0.3, 0.4) is 0 Å². The van der Waals surface area contributed by atoms with Crippen molar-refractivity contribution in [3.8, 4) is 5.75 Å². The van der Waals surface area contributed by atoms with Crippen molar-refractivity contribution in [3.63, 3.8) is 0 Å². The van der Waals surface area contributed by atoms with Crippen LogP contribution in [0.25, 0.3) is 0 Å². The molecule has 0 aliphatic carbocycles. The fraction of sp³-hybridized carbons (Fsp3) is 0.500. The minimum Gasteiger partial charge on any atom is -0.506 e. The molecule has 1 aromatic rings. The zero-order valence-electron chi connectivity index (χ0n) is 10.9. The second kappa shape index (κ2) is 6.26. The summed E-state index contributed by atoms with van der Waals surface area (Å²) < 4.78 is 5.00. The largest absolute Gasteiger partial charge is 0.506 e. The van der Waals surface area contributed by atoms with E-state index in [1.807, 2.05) is 11.0 Å². The predicted molar refractivity (Wildman–Crippen MR) is 73.4 cm³/mol. The Kier molecular flexibility index (Phi) is 4.66. The Labute approximate surface area is 117 Å². The number of carbonyl (C=O) groups is 1. The van der Waals surface area contributed by atoms with Crippen LogP contribution in [0.5, 0.6) is 5.75 Å². The van der Waals surface area contributed by atoms with Gasteiger partial charge in [0.15, 0.2) is 0 Å². The molecule has 1 heterocycles. The van der Waals surface area contributed by atoms with E-state index in [9.17, 15) is 9.90 Å². The third-order valence-electron chi connectivity index (χ3n) is 3.40. The number of likely N-dealkylation sites (tertiary alicyclic amines) is 1. The number of nitrogens with zero attached hydrogens (tertiary/aromatic N) is 1. The number of benzene rings is 1. The summed E-state index contributed by atoms with van der Waals surface area (Å²) in [5, 5.41) is 9.74. The molecule has 1 aliphatic rings. The van der Waals surface area contributed by atoms with Crippen LogP contribution >= 0.6 is 11.6 Å². The van der Waals surface area contributed by atoms with Crippen molar-refractivity contribution in [2.45, 2.75) is 12.8 Å². The first-order valence-corrected chi connectivity index (χ1v) is 6.72. The molecule has 1 saturated heterocycles. The summed E-state index contributed by atoms with van der Waals surface area (Å²) in [5.41, 5.74) is 1.05. The number of phenols is 1. The van der Waals surface area contributed by atoms with Gasteiger partial charge in [0.25, 0.3) is 0 Å². The quantitative estimate of drug-likeness (QED) is 0.900. The van der Waals surface area contributed by atoms with E-state index in [-0.39, 0.29) is 11.7 Å². The molecule has 1 unspecified atom stereocenters. The summed E-state index contributed by atoms with van der Waals surface area (Å²) >= 11 is 5.88. The average Bonchev–Trinajstić information content (AvgIpc) is 2.72. The minimum atomic E-state index is 0.0923. The Bertz CT molecular complexity index is 464. The summed E-state index contributed by atoms with van der Waals surface area (Å²) in [5.74, 6) is 0.589. The predicted octanol–water partition coefficient (Wildman–Crippen LogP) is 2.08. The smallest absolute Gasteiger partial charge is 0.223 e. The molecule has 0 spiro atoms. The molecule has 1 aliphatic heterocycles. The van der Waals surface area contributed by atoms with Gasteiger partial charge in [-0.3, -0.25) is 4.79 Å². The zero-order chi connectivity index (χ0) is 13.8. The standard InChI is InChI=1S/C14H18ClNO3/c1-19-5-4-16-9-11(8-14(16)18)6-10-2-3-13(17)12(15)7-10/h2-3,7,11,17H,4-6,8-9H2,1H3. The van der Waals surface area contributed by atoms with E-state index in [0.717, 1.165) is 18.5 Å². The van der Waals surface area contributed by atoms with Crippen molar-refractivity contribution in [3.05, 3.63) is 28.8 Å². The summed E-state index contributed by atoms with van der Waals surface area (Å²) in [6.07, 6.45) is 1.37. The number of ether oxygens (including phenoxy) is 1. The molecule has 0 saturated carbocycles. The molecule has 1 amide bonds. The van der Waals surface area contributed by atoms with Crippen molar-refractivity contribution in [2.24, 2.45) is 5.92 Å². The molecule has 2 rings (SSSR count). The highest BCUT2D eigenvalue weighted by Crippen LogP contribution is 2.27. The molecule has 1 atom stereocenters. The lowest BCUT2D eigenvalue weighted by molar-refractivity contribution is -0.128. The number of halogens is 1. The van der Waals surface area contributed by atoms with Gasteiger partial charge in [-0.15, -0.1) is 0 Å². The second-order valence-electron chi connectivity index (χ2n) is 4.89. The number of aromatic hydroxyl groups is 1. The van der Waals surface area contributed by atoms with Crippen molar-refractivity contribution in [2.75, 3.05) is 26.8 Å². The molecule has 0 aromatic heterocycles. The van der Waals surface area contributed by atoms with Crippen LogP contribution in [0.2, 0.25) is 5.02 Å². The zero-order valence-corrected chi connectivity index (χ0v) is 11.7. The fourth-order valence-corrected chi connectivity index (χ4v) is 2.62. The lowest BCUT2D eigenvalue weighted by Gasteiger charge is -2.16. The second-order valence-corrected chi connectivity index (χ2v) is 5.30. The summed E-state index contributed by atoms with van der Waals surface area (Å²) in [4.78, 5) is 13.6. The van der Waals surface area contributed by atoms with Gasteiger partial charge in [0.1, 0.15) is 5.75 Å². The van der Waals surface area contributed by atoms with Crippen LogP contribution in [0.1, 0.15) is 12.0 Å². The van der Waals surface area contributed by atoms with E-state index in [1.165, 1.54) is 0 Å². The van der Waals surface area contributed by atoms with Crippen LogP contribution in [-0.2, 0) is 16.0 Å². The van der Waals surface area contributed by atoms with Crippen molar-refractivity contribution in [1.82, 2.24) is 4.90 Å². The van der Waals surface area contributed by atoms with Gasteiger partial charge in [-0.05, 0) is 30.0 Å². The Morgan fingerprint density at radius 2 is 2.32 bits per heavy atom. The molecule has 5 heteroatoms. The molecule has 4 nitrogen and oxygen atoms in total. The third kappa shape index (κ3) is 3.61. The summed E-state index contributed by atoms with van der Waals surface area (Å²) in [6, 6.07) is 5.21. The highest BCUT2D eigenvalue weighted by molar-refractivity contribution is 6.32. The van der Waals surface area contributed by atoms with Gasteiger partial charge >= 0.3 is 0 Å². The topological polar surface area (TPSA) is 49.8 Å². The van der Waals surface area contributed by atoms with Crippen molar-refractivity contribution >= 4 is 17.5 Å². The van der Waals surface area contributed by atoms with E-state index in [0.29, 0.717) is 30.5 Å². The highest BCUT2D eigenvalue weighted by atomic mass is 35.5. The Morgan fingerprint density at radius 3 is 3.00 bits per heavy atom. The molecule has 1 aromatic carbocycles. The molecule has 104 valence electrons. The number of rotatable bonds is 5. The van der Waals surface area contributed by atoms with E-state index >= 15 is 0 Å². The van der Waals surface area contributed by atoms with Gasteiger partial charge < -0.3 is 14.7 Å². The normalized spacial score (nSPS) is 19.2. The molecular weight excluding hydrogens is 266 g/mol. The molecule has 1 fully saturated rings. The molecule has 1 N–H and O–H groups in total. The van der Waals surface area contributed by atoms with E-state index < -0.39 is 0 Å². The van der Waals surface area contributed by atoms with Gasteiger partial charge in [-0.2, -0.15) is 0 Å². The number of carbonyl (C=O) groups excluding carboxylic acids is 1. The Balaban J connectivity index is 1.93. The third-order valence-corrected chi connectivity index (χ3v) is 3.70. The first-order valence-electron chi connectivity index (χ1n) is 6.34. The van der Waals surface area contributed by atoms with Crippen LogP contribution < -0.4 is 0 Å². The molecule has 19 heavy (non-hydrogen) atoms. The van der Waals surface area contributed by atoms with Crippen LogP contribution in [0.4, 0.5) is 0 Å². The number of methoxy groups -OCH3 is 1. The maximum absolute atomic E-state index is 11.8. The van der Waals surface area contributed by atoms with Gasteiger partial charge in [-0.25, -0.2) is 0 Å². The summed E-state index contributed by atoms with van der Waals surface area (Å²) in [6.45, 7) is 1.99. The van der Waals surface area contributed by atoms with E-state index in [1.54, 1.807) is 19.2 Å². The molecular formula is C14H18ClNO3. The first kappa shape index (κ1) is 14.2.